The number of para-hydroxylation sites is 2. The molecule has 0 heterocycles. The van der Waals surface area contributed by atoms with Crippen LogP contribution in [0, 0.1) is 0 Å². The first kappa shape index (κ1) is 12.9. The molecule has 0 radical (unpaired) electrons. The third kappa shape index (κ3) is 5.09. The molecule has 0 aromatic heterocycles. The van der Waals surface area contributed by atoms with Crippen molar-refractivity contribution in [1.82, 2.24) is 0 Å². The van der Waals surface area contributed by atoms with Gasteiger partial charge in [-0.05, 0) is 24.3 Å². The molecule has 2 aromatic carbocycles. The van der Waals surface area contributed by atoms with E-state index in [-0.39, 0.29) is 17.1 Å². The van der Waals surface area contributed by atoms with E-state index in [1.165, 1.54) is 0 Å². The van der Waals surface area contributed by atoms with Gasteiger partial charge < -0.3 is 5.32 Å². The summed E-state index contributed by atoms with van der Waals surface area (Å²) in [6.07, 6.45) is 0. The summed E-state index contributed by atoms with van der Waals surface area (Å²) in [4.78, 5) is 0. The van der Waals surface area contributed by atoms with Crippen molar-refractivity contribution in [3.8, 4) is 0 Å². The van der Waals surface area contributed by atoms with Crippen molar-refractivity contribution in [3.05, 3.63) is 60.7 Å². The van der Waals surface area contributed by atoms with Crippen LogP contribution in [-0.4, -0.2) is 0 Å². The molecular formula is C14H17NZn. The van der Waals surface area contributed by atoms with Gasteiger partial charge in [-0.1, -0.05) is 36.4 Å². The van der Waals surface area contributed by atoms with Crippen LogP contribution in [0.5, 0.6) is 0 Å². The molecule has 0 aliphatic rings. The molecule has 0 bridgehead atoms. The Morgan fingerprint density at radius 1 is 0.688 bits per heavy atom. The average molecular weight is 265 g/mol. The first-order valence-electron chi connectivity index (χ1n) is 5.74. The summed E-state index contributed by atoms with van der Waals surface area (Å²) in [5.74, 6) is 0. The van der Waals surface area contributed by atoms with Crippen molar-refractivity contribution in [2.75, 3.05) is 5.32 Å². The number of hydrogen-bond acceptors (Lipinski definition) is 1. The Morgan fingerprint density at radius 2 is 1.00 bits per heavy atom. The Morgan fingerprint density at radius 3 is 1.31 bits per heavy atom. The predicted octanol–water partition coefficient (Wildman–Crippen LogP) is 4.60. The number of rotatable bonds is 2. The Kier molecular flexibility index (Phi) is 6.52. The average Bonchev–Trinajstić information content (AvgIpc) is 2.33. The van der Waals surface area contributed by atoms with E-state index in [2.05, 4.69) is 16.4 Å². The second kappa shape index (κ2) is 8.07. The molecule has 0 atom stereocenters. The normalized spacial score (nSPS) is 8.38. The summed E-state index contributed by atoms with van der Waals surface area (Å²) in [5.41, 5.74) is 6.86. The van der Waals surface area contributed by atoms with Crippen LogP contribution in [0.4, 0.5) is 11.4 Å². The van der Waals surface area contributed by atoms with Crippen molar-refractivity contribution >= 4 is 11.4 Å². The minimum Gasteiger partial charge on any atom is -0.356 e. The smallest absolute Gasteiger partial charge is 0.0384 e. The van der Waals surface area contributed by atoms with E-state index in [0.29, 0.717) is 0 Å². The van der Waals surface area contributed by atoms with E-state index in [9.17, 15) is 0 Å². The van der Waals surface area contributed by atoms with Gasteiger partial charge in [0.1, 0.15) is 0 Å². The minimum atomic E-state index is 0.125. The zero-order valence-corrected chi connectivity index (χ0v) is 12.9. The fraction of sp³-hybridized carbons (Fsp3) is 0.143. The Bertz CT molecular complexity index is 335. The zero-order chi connectivity index (χ0) is 11.6. The van der Waals surface area contributed by atoms with Gasteiger partial charge in [0.25, 0.3) is 0 Å². The molecule has 1 N–H and O–H groups in total. The molecule has 2 rings (SSSR count). The van der Waals surface area contributed by atoms with E-state index in [4.69, 9.17) is 0 Å². The molecule has 16 heavy (non-hydrogen) atoms. The topological polar surface area (TPSA) is 12.0 Å². The summed E-state index contributed by atoms with van der Waals surface area (Å²) >= 11 is 0.125. The third-order valence-corrected chi connectivity index (χ3v) is 1.84. The molecule has 0 fully saturated rings. The predicted molar refractivity (Wildman–Crippen MR) is 67.9 cm³/mol. The SMILES string of the molecule is [CH3][Zn][CH3].c1ccc(Nc2ccccc2)cc1. The second-order valence-corrected chi connectivity index (χ2v) is 6.53. The first-order valence-corrected chi connectivity index (χ1v) is 11.7. The fourth-order valence-electron chi connectivity index (χ4n) is 1.21. The second-order valence-electron chi connectivity index (χ2n) is 3.56. The van der Waals surface area contributed by atoms with Gasteiger partial charge in [0.2, 0.25) is 0 Å². The molecule has 80 valence electrons. The largest absolute Gasteiger partial charge is 0.356 e. The zero-order valence-electron chi connectivity index (χ0n) is 9.98. The van der Waals surface area contributed by atoms with Gasteiger partial charge >= 0.3 is 28.2 Å². The standard InChI is InChI=1S/C12H11N.2CH3.Zn/c1-3-7-11(8-4-1)13-12-9-5-2-6-10-12;;;/h1-10,13H;2*1H3;. The van der Waals surface area contributed by atoms with Gasteiger partial charge in [-0.3, -0.25) is 0 Å². The Balaban J connectivity index is 0.000000386. The summed E-state index contributed by atoms with van der Waals surface area (Å²) in [7, 11) is 0. The molecule has 0 saturated heterocycles. The van der Waals surface area contributed by atoms with Crippen molar-refractivity contribution in [2.45, 2.75) is 11.0 Å². The first-order chi connectivity index (χ1) is 7.86. The van der Waals surface area contributed by atoms with Gasteiger partial charge in [-0.15, -0.1) is 0 Å². The molecular weight excluding hydrogens is 248 g/mol. The molecule has 0 aliphatic heterocycles. The van der Waals surface area contributed by atoms with E-state index < -0.39 is 0 Å². The maximum atomic E-state index is 3.30. The Hall–Kier alpha value is -1.14. The van der Waals surface area contributed by atoms with Crippen molar-refractivity contribution in [3.63, 3.8) is 0 Å². The number of nitrogens with one attached hydrogen (secondary N) is 1. The summed E-state index contributed by atoms with van der Waals surface area (Å²) in [6, 6.07) is 20.3. The molecule has 0 unspecified atom stereocenters. The monoisotopic (exact) mass is 263 g/mol. The maximum Gasteiger partial charge on any atom is 0.0384 e. The van der Waals surface area contributed by atoms with Crippen molar-refractivity contribution < 1.29 is 17.1 Å². The quantitative estimate of drug-likeness (QED) is 0.782. The number of hydrogen-bond donors (Lipinski definition) is 1. The van der Waals surface area contributed by atoms with Gasteiger partial charge in [0, 0.05) is 11.4 Å². The minimum absolute atomic E-state index is 0.125. The van der Waals surface area contributed by atoms with Gasteiger partial charge in [0.05, 0.1) is 0 Å². The van der Waals surface area contributed by atoms with Crippen LogP contribution in [0.1, 0.15) is 0 Å². The fourth-order valence-corrected chi connectivity index (χ4v) is 1.21. The molecule has 0 amide bonds. The molecule has 1 nitrogen and oxygen atoms in total. The van der Waals surface area contributed by atoms with E-state index in [0.717, 1.165) is 11.4 Å². The van der Waals surface area contributed by atoms with E-state index >= 15 is 0 Å². The third-order valence-electron chi connectivity index (χ3n) is 1.84. The number of anilines is 2. The van der Waals surface area contributed by atoms with Crippen LogP contribution in [0.15, 0.2) is 60.7 Å². The van der Waals surface area contributed by atoms with Crippen LogP contribution >= 0.6 is 0 Å². The van der Waals surface area contributed by atoms with E-state index in [1.807, 2.05) is 60.7 Å². The van der Waals surface area contributed by atoms with Crippen LogP contribution < -0.4 is 5.32 Å². The van der Waals surface area contributed by atoms with Gasteiger partial charge in [-0.25, -0.2) is 0 Å². The van der Waals surface area contributed by atoms with Crippen LogP contribution in [0.2, 0.25) is 11.0 Å². The molecule has 2 aromatic rings. The maximum absolute atomic E-state index is 3.30. The summed E-state index contributed by atoms with van der Waals surface area (Å²) in [6.45, 7) is 0. The molecule has 2 heteroatoms. The van der Waals surface area contributed by atoms with Gasteiger partial charge in [0.15, 0.2) is 0 Å². The van der Waals surface area contributed by atoms with Crippen LogP contribution in [0.25, 0.3) is 0 Å². The number of benzene rings is 2. The van der Waals surface area contributed by atoms with Crippen molar-refractivity contribution in [1.29, 1.82) is 0 Å². The van der Waals surface area contributed by atoms with E-state index in [1.54, 1.807) is 0 Å². The van der Waals surface area contributed by atoms with Crippen LogP contribution in [0.3, 0.4) is 0 Å². The molecule has 0 spiro atoms. The summed E-state index contributed by atoms with van der Waals surface area (Å²) in [5, 5.41) is 3.30. The van der Waals surface area contributed by atoms with Gasteiger partial charge in [-0.2, -0.15) is 0 Å². The van der Waals surface area contributed by atoms with Crippen LogP contribution in [-0.2, 0) is 17.1 Å². The Labute approximate surface area is 105 Å². The molecule has 0 aliphatic carbocycles. The molecule has 0 saturated carbocycles. The summed E-state index contributed by atoms with van der Waals surface area (Å²) < 4.78 is 0. The van der Waals surface area contributed by atoms with Crippen molar-refractivity contribution in [2.24, 2.45) is 0 Å².